The molecule has 1 heterocycles. The number of halogens is 2. The monoisotopic (exact) mass is 393 g/mol. The third-order valence-corrected chi connectivity index (χ3v) is 4.49. The fourth-order valence-electron chi connectivity index (χ4n) is 2.00. The molecule has 3 rings (SSSR count). The van der Waals surface area contributed by atoms with Crippen molar-refractivity contribution in [2.45, 2.75) is 11.6 Å². The molecule has 0 bridgehead atoms. The molecule has 0 aliphatic carbocycles. The Morgan fingerprint density at radius 3 is 2.32 bits per heavy atom. The molecule has 128 valence electrons. The summed E-state index contributed by atoms with van der Waals surface area (Å²) in [7, 11) is 0. The van der Waals surface area contributed by atoms with Crippen LogP contribution in [-0.2, 0) is 11.2 Å². The van der Waals surface area contributed by atoms with Crippen molar-refractivity contribution in [3.63, 3.8) is 0 Å². The van der Waals surface area contributed by atoms with Crippen LogP contribution in [0.25, 0.3) is 0 Å². The van der Waals surface area contributed by atoms with E-state index in [0.29, 0.717) is 33.3 Å². The molecular formula is C17H13Cl2N3O2S. The summed E-state index contributed by atoms with van der Waals surface area (Å²) in [5, 5.41) is 12.4. The van der Waals surface area contributed by atoms with Crippen molar-refractivity contribution >= 4 is 46.6 Å². The van der Waals surface area contributed by atoms with E-state index >= 15 is 0 Å². The van der Waals surface area contributed by atoms with Crippen molar-refractivity contribution in [3.05, 3.63) is 70.0 Å². The topological polar surface area (TPSA) is 68.0 Å². The lowest BCUT2D eigenvalue weighted by molar-refractivity contribution is -0.113. The van der Waals surface area contributed by atoms with Gasteiger partial charge >= 0.3 is 0 Å². The minimum Gasteiger partial charge on any atom is -0.416 e. The van der Waals surface area contributed by atoms with Gasteiger partial charge in [-0.3, -0.25) is 4.79 Å². The zero-order valence-corrected chi connectivity index (χ0v) is 15.2. The second kappa shape index (κ2) is 8.38. The predicted octanol–water partition coefficient (Wildman–Crippen LogP) is 4.70. The molecule has 0 saturated carbocycles. The van der Waals surface area contributed by atoms with Gasteiger partial charge in [0.25, 0.3) is 5.22 Å². The Morgan fingerprint density at radius 1 is 1.00 bits per heavy atom. The van der Waals surface area contributed by atoms with Crippen LogP contribution in [0.4, 0.5) is 5.69 Å². The SMILES string of the molecule is O=C(CSc1nnc(Cc2ccc(Cl)cc2)o1)Nc1ccc(Cl)cc1. The van der Waals surface area contributed by atoms with Crippen LogP contribution in [0.2, 0.25) is 10.0 Å². The van der Waals surface area contributed by atoms with E-state index in [9.17, 15) is 4.79 Å². The maximum absolute atomic E-state index is 11.9. The van der Waals surface area contributed by atoms with Gasteiger partial charge in [0.15, 0.2) is 0 Å². The van der Waals surface area contributed by atoms with Crippen LogP contribution in [-0.4, -0.2) is 21.9 Å². The normalized spacial score (nSPS) is 10.6. The van der Waals surface area contributed by atoms with Crippen molar-refractivity contribution in [1.29, 1.82) is 0 Å². The molecule has 1 amide bonds. The van der Waals surface area contributed by atoms with E-state index in [0.717, 1.165) is 5.56 Å². The van der Waals surface area contributed by atoms with Crippen LogP contribution in [0.15, 0.2) is 58.2 Å². The molecule has 0 unspecified atom stereocenters. The Morgan fingerprint density at radius 2 is 1.64 bits per heavy atom. The predicted molar refractivity (Wildman–Crippen MR) is 99.4 cm³/mol. The Balaban J connectivity index is 1.50. The summed E-state index contributed by atoms with van der Waals surface area (Å²) < 4.78 is 5.54. The van der Waals surface area contributed by atoms with Gasteiger partial charge in [0.05, 0.1) is 12.2 Å². The van der Waals surface area contributed by atoms with Crippen LogP contribution < -0.4 is 5.32 Å². The van der Waals surface area contributed by atoms with Crippen molar-refractivity contribution in [3.8, 4) is 0 Å². The molecule has 25 heavy (non-hydrogen) atoms. The summed E-state index contributed by atoms with van der Waals surface area (Å²) in [4.78, 5) is 11.9. The number of aromatic nitrogens is 2. The molecule has 0 saturated heterocycles. The largest absolute Gasteiger partial charge is 0.416 e. The zero-order valence-electron chi connectivity index (χ0n) is 12.9. The molecule has 1 aromatic heterocycles. The van der Waals surface area contributed by atoms with Crippen molar-refractivity contribution < 1.29 is 9.21 Å². The molecule has 0 spiro atoms. The van der Waals surface area contributed by atoms with Crippen LogP contribution in [0.1, 0.15) is 11.5 Å². The molecule has 0 aliphatic rings. The molecule has 3 aromatic rings. The van der Waals surface area contributed by atoms with E-state index in [1.807, 2.05) is 24.3 Å². The molecule has 0 fully saturated rings. The summed E-state index contributed by atoms with van der Waals surface area (Å²) in [5.74, 6) is 0.498. The number of benzene rings is 2. The number of hydrogen-bond donors (Lipinski definition) is 1. The third kappa shape index (κ3) is 5.49. The average Bonchev–Trinajstić information content (AvgIpc) is 3.05. The van der Waals surface area contributed by atoms with Crippen LogP contribution in [0.3, 0.4) is 0 Å². The number of hydrogen-bond acceptors (Lipinski definition) is 5. The van der Waals surface area contributed by atoms with Gasteiger partial charge in [-0.15, -0.1) is 10.2 Å². The van der Waals surface area contributed by atoms with E-state index in [4.69, 9.17) is 27.6 Å². The number of amides is 1. The fourth-order valence-corrected chi connectivity index (χ4v) is 2.83. The number of thioether (sulfide) groups is 1. The molecule has 8 heteroatoms. The van der Waals surface area contributed by atoms with E-state index in [1.165, 1.54) is 11.8 Å². The molecule has 0 radical (unpaired) electrons. The van der Waals surface area contributed by atoms with Gasteiger partial charge in [-0.25, -0.2) is 0 Å². The van der Waals surface area contributed by atoms with Gasteiger partial charge in [-0.05, 0) is 42.0 Å². The van der Waals surface area contributed by atoms with E-state index in [2.05, 4.69) is 15.5 Å². The second-order valence-electron chi connectivity index (χ2n) is 5.11. The highest BCUT2D eigenvalue weighted by Gasteiger charge is 2.10. The summed E-state index contributed by atoms with van der Waals surface area (Å²) in [6.45, 7) is 0. The lowest BCUT2D eigenvalue weighted by Crippen LogP contribution is -2.13. The van der Waals surface area contributed by atoms with E-state index in [-0.39, 0.29) is 11.7 Å². The number of anilines is 1. The van der Waals surface area contributed by atoms with Crippen LogP contribution >= 0.6 is 35.0 Å². The molecule has 1 N–H and O–H groups in total. The number of rotatable bonds is 6. The quantitative estimate of drug-likeness (QED) is 0.614. The highest BCUT2D eigenvalue weighted by atomic mass is 35.5. The molecule has 5 nitrogen and oxygen atoms in total. The highest BCUT2D eigenvalue weighted by Crippen LogP contribution is 2.19. The Kier molecular flexibility index (Phi) is 5.96. The maximum Gasteiger partial charge on any atom is 0.277 e. The first-order valence-corrected chi connectivity index (χ1v) is 9.08. The van der Waals surface area contributed by atoms with Crippen molar-refractivity contribution in [2.24, 2.45) is 0 Å². The van der Waals surface area contributed by atoms with Crippen LogP contribution in [0.5, 0.6) is 0 Å². The smallest absolute Gasteiger partial charge is 0.277 e. The molecule has 2 aromatic carbocycles. The van der Waals surface area contributed by atoms with Crippen molar-refractivity contribution in [1.82, 2.24) is 10.2 Å². The molecular weight excluding hydrogens is 381 g/mol. The molecule has 0 aliphatic heterocycles. The Hall–Kier alpha value is -2.02. The summed E-state index contributed by atoms with van der Waals surface area (Å²) in [6.07, 6.45) is 0.516. The van der Waals surface area contributed by atoms with Gasteiger partial charge in [0.1, 0.15) is 0 Å². The first-order chi connectivity index (χ1) is 12.1. The maximum atomic E-state index is 11.9. The number of carbonyl (C=O) groups is 1. The summed E-state index contributed by atoms with van der Waals surface area (Å²) >= 11 is 12.8. The highest BCUT2D eigenvalue weighted by molar-refractivity contribution is 7.99. The zero-order chi connectivity index (χ0) is 17.6. The summed E-state index contributed by atoms with van der Waals surface area (Å²) in [5.41, 5.74) is 1.70. The second-order valence-corrected chi connectivity index (χ2v) is 6.91. The molecule has 0 atom stereocenters. The van der Waals surface area contributed by atoms with E-state index < -0.39 is 0 Å². The third-order valence-electron chi connectivity index (χ3n) is 3.17. The fraction of sp³-hybridized carbons (Fsp3) is 0.118. The summed E-state index contributed by atoms with van der Waals surface area (Å²) in [6, 6.07) is 14.3. The lowest BCUT2D eigenvalue weighted by Gasteiger charge is -2.03. The Labute approximate surface area is 158 Å². The number of nitrogens with zero attached hydrogens (tertiary/aromatic N) is 2. The minimum absolute atomic E-state index is 0.162. The van der Waals surface area contributed by atoms with Crippen LogP contribution in [0, 0.1) is 0 Å². The van der Waals surface area contributed by atoms with Gasteiger partial charge in [0, 0.05) is 15.7 Å². The standard InChI is InChI=1S/C17H13Cl2N3O2S/c18-12-3-1-11(2-4-12)9-16-21-22-17(24-16)25-10-15(23)20-14-7-5-13(19)6-8-14/h1-8H,9-10H2,(H,20,23). The van der Waals surface area contributed by atoms with Crippen molar-refractivity contribution in [2.75, 3.05) is 11.1 Å². The van der Waals surface area contributed by atoms with Gasteiger partial charge in [-0.2, -0.15) is 0 Å². The minimum atomic E-state index is -0.162. The average molecular weight is 394 g/mol. The number of nitrogens with one attached hydrogen (secondary N) is 1. The Bertz CT molecular complexity index is 851. The van der Waals surface area contributed by atoms with Gasteiger partial charge < -0.3 is 9.73 Å². The van der Waals surface area contributed by atoms with Gasteiger partial charge in [-0.1, -0.05) is 47.1 Å². The lowest BCUT2D eigenvalue weighted by atomic mass is 10.1. The number of carbonyl (C=O) groups excluding carboxylic acids is 1. The first kappa shape index (κ1) is 17.8. The van der Waals surface area contributed by atoms with Gasteiger partial charge in [0.2, 0.25) is 11.8 Å². The first-order valence-electron chi connectivity index (χ1n) is 7.33. The van der Waals surface area contributed by atoms with E-state index in [1.54, 1.807) is 24.3 Å².